The lowest BCUT2D eigenvalue weighted by atomic mass is 9.96. The van der Waals surface area contributed by atoms with Crippen LogP contribution < -0.4 is 5.32 Å². The van der Waals surface area contributed by atoms with Crippen LogP contribution in [-0.4, -0.2) is 39.2 Å². The van der Waals surface area contributed by atoms with E-state index in [4.69, 9.17) is 17.0 Å². The average Bonchev–Trinajstić information content (AvgIpc) is 3.28. The second kappa shape index (κ2) is 9.35. The SMILES string of the molecule is COC(=O)CCN1C(=S)N[C@@H](c2ccccn2)[C@@H]1c1cc(C)n(-c2c(C)cccc2C)c1C. The first-order chi connectivity index (χ1) is 15.8. The number of nitrogens with zero attached hydrogens (tertiary/aromatic N) is 3. The lowest BCUT2D eigenvalue weighted by molar-refractivity contribution is -0.140. The number of ether oxygens (including phenoxy) is 1. The predicted octanol–water partition coefficient (Wildman–Crippen LogP) is 4.64. The third-order valence-corrected chi connectivity index (χ3v) is 6.79. The molecule has 33 heavy (non-hydrogen) atoms. The number of aromatic nitrogens is 2. The monoisotopic (exact) mass is 462 g/mol. The molecule has 1 aliphatic heterocycles. The Balaban J connectivity index is 1.83. The fraction of sp³-hybridized carbons (Fsp3) is 0.346. The zero-order valence-electron chi connectivity index (χ0n) is 19.8. The van der Waals surface area contributed by atoms with Crippen LogP contribution in [0.5, 0.6) is 0 Å². The van der Waals surface area contributed by atoms with Crippen LogP contribution in [0.4, 0.5) is 0 Å². The number of para-hydroxylation sites is 1. The van der Waals surface area contributed by atoms with Gasteiger partial charge in [-0.15, -0.1) is 0 Å². The van der Waals surface area contributed by atoms with Crippen molar-refractivity contribution in [1.29, 1.82) is 0 Å². The number of hydrogen-bond acceptors (Lipinski definition) is 4. The average molecular weight is 463 g/mol. The van der Waals surface area contributed by atoms with E-state index < -0.39 is 0 Å². The van der Waals surface area contributed by atoms with E-state index in [1.165, 1.54) is 29.5 Å². The predicted molar refractivity (Wildman–Crippen MR) is 134 cm³/mol. The van der Waals surface area contributed by atoms with Gasteiger partial charge in [-0.05, 0) is 74.8 Å². The van der Waals surface area contributed by atoms with Gasteiger partial charge in [0.05, 0.1) is 37.0 Å². The van der Waals surface area contributed by atoms with Gasteiger partial charge in [0.15, 0.2) is 5.11 Å². The van der Waals surface area contributed by atoms with Gasteiger partial charge in [-0.25, -0.2) is 0 Å². The van der Waals surface area contributed by atoms with Crippen molar-refractivity contribution in [2.24, 2.45) is 0 Å². The molecule has 0 amide bonds. The third-order valence-electron chi connectivity index (χ3n) is 6.43. The van der Waals surface area contributed by atoms with Crippen LogP contribution in [0.2, 0.25) is 0 Å². The van der Waals surface area contributed by atoms with E-state index in [-0.39, 0.29) is 24.5 Å². The van der Waals surface area contributed by atoms with Crippen LogP contribution in [0.15, 0.2) is 48.7 Å². The lowest BCUT2D eigenvalue weighted by Crippen LogP contribution is -2.32. The van der Waals surface area contributed by atoms with Gasteiger partial charge in [0, 0.05) is 24.1 Å². The smallest absolute Gasteiger partial charge is 0.307 e. The zero-order chi connectivity index (χ0) is 23.7. The molecule has 0 saturated carbocycles. The molecular formula is C26H30N4O2S. The van der Waals surface area contributed by atoms with Gasteiger partial charge in [-0.2, -0.15) is 0 Å². The van der Waals surface area contributed by atoms with Crippen LogP contribution in [-0.2, 0) is 9.53 Å². The minimum absolute atomic E-state index is 0.0960. The van der Waals surface area contributed by atoms with Crippen molar-refractivity contribution in [3.05, 3.63) is 82.4 Å². The maximum atomic E-state index is 11.9. The summed E-state index contributed by atoms with van der Waals surface area (Å²) in [6, 6.07) is 14.3. The second-order valence-corrected chi connectivity index (χ2v) is 8.94. The molecule has 3 heterocycles. The number of methoxy groups -OCH3 is 1. The first-order valence-corrected chi connectivity index (χ1v) is 11.5. The quantitative estimate of drug-likeness (QED) is 0.425. The number of rotatable bonds is 6. The van der Waals surface area contributed by atoms with E-state index in [2.05, 4.69) is 71.7 Å². The molecule has 0 aliphatic carbocycles. The Labute approximate surface area is 200 Å². The normalized spacial score (nSPS) is 17.8. The molecule has 2 atom stereocenters. The molecule has 7 heteroatoms. The Hall–Kier alpha value is -3.19. The van der Waals surface area contributed by atoms with Gasteiger partial charge in [0.25, 0.3) is 0 Å². The van der Waals surface area contributed by atoms with Gasteiger partial charge >= 0.3 is 5.97 Å². The number of esters is 1. The summed E-state index contributed by atoms with van der Waals surface area (Å²) in [7, 11) is 1.41. The van der Waals surface area contributed by atoms with Crippen molar-refractivity contribution in [1.82, 2.24) is 19.8 Å². The molecule has 4 rings (SSSR count). The maximum Gasteiger partial charge on any atom is 0.307 e. The van der Waals surface area contributed by atoms with Gasteiger partial charge < -0.3 is 19.5 Å². The number of benzene rings is 1. The first kappa shape index (κ1) is 23.0. The first-order valence-electron chi connectivity index (χ1n) is 11.1. The molecule has 1 saturated heterocycles. The van der Waals surface area contributed by atoms with Crippen LogP contribution in [0.3, 0.4) is 0 Å². The Bertz CT molecular complexity index is 1170. The van der Waals surface area contributed by atoms with Gasteiger partial charge in [0.1, 0.15) is 0 Å². The molecule has 2 aromatic heterocycles. The van der Waals surface area contributed by atoms with Gasteiger partial charge in [0.2, 0.25) is 0 Å². The molecule has 172 valence electrons. The summed E-state index contributed by atoms with van der Waals surface area (Å²) >= 11 is 5.73. The number of aryl methyl sites for hydroxylation is 3. The van der Waals surface area contributed by atoms with Crippen molar-refractivity contribution in [3.63, 3.8) is 0 Å². The van der Waals surface area contributed by atoms with Gasteiger partial charge in [-0.1, -0.05) is 24.3 Å². The third kappa shape index (κ3) is 4.25. The van der Waals surface area contributed by atoms with Crippen LogP contribution in [0.1, 0.15) is 52.3 Å². The molecule has 1 aliphatic rings. The van der Waals surface area contributed by atoms with Crippen LogP contribution >= 0.6 is 12.2 Å². The molecule has 0 spiro atoms. The van der Waals surface area contributed by atoms with E-state index in [0.717, 1.165) is 17.1 Å². The molecule has 1 aromatic carbocycles. The van der Waals surface area contributed by atoms with Crippen LogP contribution in [0, 0.1) is 27.7 Å². The molecule has 1 fully saturated rings. The van der Waals surface area contributed by atoms with E-state index in [9.17, 15) is 4.79 Å². The van der Waals surface area contributed by atoms with E-state index in [1.807, 2.05) is 18.2 Å². The molecular weight excluding hydrogens is 432 g/mol. The largest absolute Gasteiger partial charge is 0.469 e. The number of pyridine rings is 1. The summed E-state index contributed by atoms with van der Waals surface area (Å²) in [6.45, 7) is 9.06. The van der Waals surface area contributed by atoms with Crippen molar-refractivity contribution < 1.29 is 9.53 Å². The molecule has 1 N–H and O–H groups in total. The molecule has 0 unspecified atom stereocenters. The molecule has 3 aromatic rings. The second-order valence-electron chi connectivity index (χ2n) is 8.55. The van der Waals surface area contributed by atoms with Gasteiger partial charge in [-0.3, -0.25) is 9.78 Å². The number of hydrogen-bond donors (Lipinski definition) is 1. The van der Waals surface area contributed by atoms with E-state index in [1.54, 1.807) is 6.20 Å². The minimum Gasteiger partial charge on any atom is -0.469 e. The Morgan fingerprint density at radius 3 is 2.48 bits per heavy atom. The van der Waals surface area contributed by atoms with E-state index in [0.29, 0.717) is 11.7 Å². The fourth-order valence-electron chi connectivity index (χ4n) is 4.89. The number of nitrogens with one attached hydrogen (secondary N) is 1. The molecule has 0 bridgehead atoms. The summed E-state index contributed by atoms with van der Waals surface area (Å²) in [5.74, 6) is -0.251. The Morgan fingerprint density at radius 1 is 1.12 bits per heavy atom. The summed E-state index contributed by atoms with van der Waals surface area (Å²) in [6.07, 6.45) is 2.06. The fourth-order valence-corrected chi connectivity index (χ4v) is 5.22. The zero-order valence-corrected chi connectivity index (χ0v) is 20.6. The Kier molecular flexibility index (Phi) is 6.51. The number of carbonyl (C=O) groups is 1. The van der Waals surface area contributed by atoms with Crippen molar-refractivity contribution in [3.8, 4) is 5.69 Å². The lowest BCUT2D eigenvalue weighted by Gasteiger charge is -2.28. The van der Waals surface area contributed by atoms with Crippen LogP contribution in [0.25, 0.3) is 5.69 Å². The summed E-state index contributed by atoms with van der Waals surface area (Å²) in [5, 5.41) is 4.08. The Morgan fingerprint density at radius 2 is 1.85 bits per heavy atom. The van der Waals surface area contributed by atoms with Crippen molar-refractivity contribution >= 4 is 23.3 Å². The highest BCUT2D eigenvalue weighted by Gasteiger charge is 2.41. The number of carbonyl (C=O) groups excluding carboxylic acids is 1. The van der Waals surface area contributed by atoms with Crippen molar-refractivity contribution in [2.75, 3.05) is 13.7 Å². The summed E-state index contributed by atoms with van der Waals surface area (Å²) < 4.78 is 7.21. The maximum absolute atomic E-state index is 11.9. The van der Waals surface area contributed by atoms with E-state index >= 15 is 0 Å². The van der Waals surface area contributed by atoms with Crippen molar-refractivity contribution in [2.45, 2.75) is 46.2 Å². The number of thiocarbonyl (C=S) groups is 1. The topological polar surface area (TPSA) is 59.4 Å². The molecule has 6 nitrogen and oxygen atoms in total. The minimum atomic E-state index is -0.251. The highest BCUT2D eigenvalue weighted by molar-refractivity contribution is 7.80. The highest BCUT2D eigenvalue weighted by atomic mass is 32.1. The molecule has 0 radical (unpaired) electrons. The summed E-state index contributed by atoms with van der Waals surface area (Å²) in [4.78, 5) is 18.6. The standard InChI is InChI=1S/C26H30N4O2S/c1-16-9-8-10-17(2)24(16)30-18(3)15-20(19(30)4)25-23(21-11-6-7-13-27-21)28-26(33)29(25)14-12-22(31)32-5/h6-11,13,15,23,25H,12,14H2,1-5H3,(H,28,33)/t23-,25-/m0/s1. The summed E-state index contributed by atoms with van der Waals surface area (Å²) in [5.41, 5.74) is 8.07. The highest BCUT2D eigenvalue weighted by Crippen LogP contribution is 2.41.